The fraction of sp³-hybridized carbons (Fsp3) is 0.688. The summed E-state index contributed by atoms with van der Waals surface area (Å²) in [5.74, 6) is -0.163. The molecule has 0 saturated carbocycles. The van der Waals surface area contributed by atoms with Crippen molar-refractivity contribution in [1.82, 2.24) is 4.90 Å². The summed E-state index contributed by atoms with van der Waals surface area (Å²) in [5, 5.41) is 0. The minimum absolute atomic E-state index is 0.163. The second kappa shape index (κ2) is 12.4. The first kappa shape index (κ1) is 30.2. The Bertz CT molecular complexity index is 838. The van der Waals surface area contributed by atoms with Crippen LogP contribution in [0.3, 0.4) is 0 Å². The van der Waals surface area contributed by atoms with Crippen molar-refractivity contribution in [3.8, 4) is 0 Å². The summed E-state index contributed by atoms with van der Waals surface area (Å²) >= 11 is 0. The Morgan fingerprint density at radius 2 is 1.50 bits per heavy atom. The van der Waals surface area contributed by atoms with Gasteiger partial charge in [0.2, 0.25) is 0 Å². The van der Waals surface area contributed by atoms with E-state index in [9.17, 15) is 48.0 Å². The molecule has 0 bridgehead atoms. The summed E-state index contributed by atoms with van der Waals surface area (Å²) < 4.78 is 114. The fourth-order valence-electron chi connectivity index (χ4n) is 1.87. The number of sulfonamides is 2. The number of unbranched alkanes of at least 4 members (excludes halogenated alkanes) is 2. The van der Waals surface area contributed by atoms with Crippen LogP contribution in [-0.2, 0) is 29.6 Å². The summed E-state index contributed by atoms with van der Waals surface area (Å²) in [7, 11) is -13.4. The number of allylic oxidation sites excluding steroid dienone is 2. The van der Waals surface area contributed by atoms with Gasteiger partial charge in [0.25, 0.3) is 0 Å². The van der Waals surface area contributed by atoms with Gasteiger partial charge in [0.1, 0.15) is 0 Å². The Hall–Kier alpha value is -1.81. The zero-order chi connectivity index (χ0) is 25.2. The molecule has 1 heterocycles. The maximum Gasteiger partial charge on any atom is 0.480 e. The van der Waals surface area contributed by atoms with Gasteiger partial charge in [0.05, 0.1) is 12.2 Å². The van der Waals surface area contributed by atoms with Gasteiger partial charge in [-0.05, 0) is 31.2 Å². The highest BCUT2D eigenvalue weighted by molar-refractivity contribution is 8.13. The van der Waals surface area contributed by atoms with Crippen LogP contribution >= 0.6 is 0 Å². The van der Waals surface area contributed by atoms with E-state index in [0.717, 1.165) is 35.5 Å². The average Bonchev–Trinajstić information content (AvgIpc) is 2.64. The Labute approximate surface area is 182 Å². The highest BCUT2D eigenvalue weighted by Gasteiger charge is 2.46. The Balaban J connectivity index is 0.000000607. The molecule has 1 aliphatic rings. The third kappa shape index (κ3) is 10.2. The summed E-state index contributed by atoms with van der Waals surface area (Å²) in [5.41, 5.74) is -11.6. The third-order valence-electron chi connectivity index (χ3n) is 3.54. The maximum atomic E-state index is 11.7. The average molecular weight is 517 g/mol. The molecule has 188 valence electrons. The highest BCUT2D eigenvalue weighted by atomic mass is 32.3. The molecule has 1 rings (SSSR count). The lowest BCUT2D eigenvalue weighted by Crippen LogP contribution is -2.30. The summed E-state index contributed by atoms with van der Waals surface area (Å²) in [4.78, 5) is 13.9. The monoisotopic (exact) mass is 517 g/mol. The lowest BCUT2D eigenvalue weighted by molar-refractivity contribution is -0.139. The number of carbonyl (C=O) groups excluding carboxylic acids is 1. The van der Waals surface area contributed by atoms with Gasteiger partial charge in [-0.25, -0.2) is 21.6 Å². The van der Waals surface area contributed by atoms with Crippen LogP contribution in [0, 0.1) is 0 Å². The molecule has 0 spiro atoms. The van der Waals surface area contributed by atoms with E-state index in [1.807, 2.05) is 18.4 Å². The van der Waals surface area contributed by atoms with Crippen LogP contribution in [0.1, 0.15) is 39.5 Å². The van der Waals surface area contributed by atoms with Crippen LogP contribution in [0.5, 0.6) is 0 Å². The molecule has 0 aliphatic carbocycles. The Morgan fingerprint density at radius 3 is 1.94 bits per heavy atom. The summed E-state index contributed by atoms with van der Waals surface area (Å²) in [6.07, 6.45) is 10.1. The van der Waals surface area contributed by atoms with Crippen LogP contribution in [0.4, 0.5) is 26.3 Å². The molecule has 0 aromatic rings. The molecule has 16 heteroatoms. The molecular formula is C16H23F6N2O6S2-. The first-order valence-electron chi connectivity index (χ1n) is 9.13. The van der Waals surface area contributed by atoms with Gasteiger partial charge in [-0.3, -0.25) is 0 Å². The van der Waals surface area contributed by atoms with Crippen molar-refractivity contribution in [2.45, 2.75) is 50.5 Å². The molecule has 0 radical (unpaired) electrons. The van der Waals surface area contributed by atoms with Crippen molar-refractivity contribution >= 4 is 26.0 Å². The van der Waals surface area contributed by atoms with Crippen molar-refractivity contribution in [3.63, 3.8) is 0 Å². The minimum Gasteiger partial charge on any atom is -0.462 e. The Morgan fingerprint density at radius 1 is 1.00 bits per heavy atom. The lowest BCUT2D eigenvalue weighted by atomic mass is 10.2. The van der Waals surface area contributed by atoms with Gasteiger partial charge in [-0.15, -0.1) is 0 Å². The number of esters is 1. The first-order valence-corrected chi connectivity index (χ1v) is 12.0. The molecule has 0 aromatic heterocycles. The quantitative estimate of drug-likeness (QED) is 0.259. The van der Waals surface area contributed by atoms with Crippen molar-refractivity contribution in [2.75, 3.05) is 19.7 Å². The highest BCUT2D eigenvalue weighted by Crippen LogP contribution is 2.36. The SMILES string of the molecule is CCCCOC(=O)C1=CC=CN(CCCC)C1.O=S(=O)([N-]S(=O)(=O)C(F)(F)F)C(F)(F)F. The van der Waals surface area contributed by atoms with Crippen LogP contribution in [0.2, 0.25) is 0 Å². The van der Waals surface area contributed by atoms with Crippen LogP contribution in [0.15, 0.2) is 23.9 Å². The second-order valence-electron chi connectivity index (χ2n) is 6.26. The predicted octanol–water partition coefficient (Wildman–Crippen LogP) is 3.94. The molecule has 0 saturated heterocycles. The standard InChI is InChI=1S/C14H23NO2.C2F6NO4S2/c1-3-5-9-15-10-7-8-13(12-15)14(16)17-11-6-4-2;3-1(4,5)14(10,11)9-15(12,13)2(6,7)8/h7-8,10H,3-6,9,11-12H2,1-2H3;/q;-1. The topological polar surface area (TPSA) is 112 Å². The molecule has 0 unspecified atom stereocenters. The molecule has 0 N–H and O–H groups in total. The Kier molecular flexibility index (Phi) is 11.7. The molecule has 0 atom stereocenters. The van der Waals surface area contributed by atoms with Crippen molar-refractivity contribution < 1.29 is 52.7 Å². The number of ether oxygens (including phenoxy) is 1. The van der Waals surface area contributed by atoms with E-state index in [1.165, 1.54) is 6.42 Å². The summed E-state index contributed by atoms with van der Waals surface area (Å²) in [6.45, 7) is 6.48. The molecule has 0 amide bonds. The zero-order valence-electron chi connectivity index (χ0n) is 17.1. The van der Waals surface area contributed by atoms with Crippen LogP contribution < -0.4 is 0 Å². The van der Waals surface area contributed by atoms with E-state index >= 15 is 0 Å². The van der Waals surface area contributed by atoms with E-state index in [1.54, 1.807) is 0 Å². The maximum absolute atomic E-state index is 11.7. The third-order valence-corrected chi connectivity index (χ3v) is 6.28. The number of halogens is 6. The largest absolute Gasteiger partial charge is 0.480 e. The van der Waals surface area contributed by atoms with Crippen molar-refractivity contribution in [3.05, 3.63) is 28.1 Å². The number of nitrogens with zero attached hydrogens (tertiary/aromatic N) is 2. The molecule has 0 aromatic carbocycles. The smallest absolute Gasteiger partial charge is 0.462 e. The van der Waals surface area contributed by atoms with Crippen LogP contribution in [0.25, 0.3) is 4.13 Å². The second-order valence-corrected chi connectivity index (χ2v) is 9.69. The van der Waals surface area contributed by atoms with E-state index in [4.69, 9.17) is 4.74 Å². The van der Waals surface area contributed by atoms with E-state index < -0.39 is 31.1 Å². The van der Waals surface area contributed by atoms with Crippen molar-refractivity contribution in [2.24, 2.45) is 0 Å². The van der Waals surface area contributed by atoms with E-state index in [2.05, 4.69) is 18.7 Å². The normalized spacial score (nSPS) is 15.0. The number of rotatable bonds is 9. The van der Waals surface area contributed by atoms with E-state index in [-0.39, 0.29) is 5.97 Å². The van der Waals surface area contributed by atoms with E-state index in [0.29, 0.717) is 13.2 Å². The fourth-order valence-corrected chi connectivity index (χ4v) is 3.58. The zero-order valence-corrected chi connectivity index (χ0v) is 18.7. The van der Waals surface area contributed by atoms with Gasteiger partial charge in [-0.2, -0.15) is 26.3 Å². The predicted molar refractivity (Wildman–Crippen MR) is 103 cm³/mol. The number of alkyl halides is 6. The lowest BCUT2D eigenvalue weighted by Gasteiger charge is -2.23. The number of hydrogen-bond donors (Lipinski definition) is 0. The summed E-state index contributed by atoms with van der Waals surface area (Å²) in [6, 6.07) is 0. The van der Waals surface area contributed by atoms with Gasteiger partial charge in [-0.1, -0.05) is 26.7 Å². The van der Waals surface area contributed by atoms with Crippen LogP contribution in [-0.4, -0.2) is 58.4 Å². The molecule has 1 aliphatic heterocycles. The molecule has 0 fully saturated rings. The van der Waals surface area contributed by atoms with Gasteiger partial charge in [0.15, 0.2) is 20.0 Å². The first-order chi connectivity index (χ1) is 14.5. The van der Waals surface area contributed by atoms with Crippen molar-refractivity contribution in [1.29, 1.82) is 0 Å². The molecule has 32 heavy (non-hydrogen) atoms. The van der Waals surface area contributed by atoms with Gasteiger partial charge >= 0.3 is 17.0 Å². The number of carbonyl (C=O) groups is 1. The van der Waals surface area contributed by atoms with Gasteiger partial charge in [0, 0.05) is 13.1 Å². The number of hydrogen-bond acceptors (Lipinski definition) is 7. The minimum atomic E-state index is -6.72. The molecular weight excluding hydrogens is 494 g/mol. The van der Waals surface area contributed by atoms with Gasteiger partial charge < -0.3 is 13.8 Å². The molecule has 8 nitrogen and oxygen atoms in total.